The number of hydrazone groups is 1. The van der Waals surface area contributed by atoms with Gasteiger partial charge in [-0.3, -0.25) is 14.9 Å². The summed E-state index contributed by atoms with van der Waals surface area (Å²) in [6.45, 7) is -0.347. The molecule has 180 valence electrons. The first kappa shape index (κ1) is 25.5. The van der Waals surface area contributed by atoms with Gasteiger partial charge in [-0.15, -0.1) is 0 Å². The van der Waals surface area contributed by atoms with E-state index in [0.29, 0.717) is 16.3 Å². The molecule has 0 saturated heterocycles. The minimum atomic E-state index is -0.688. The summed E-state index contributed by atoms with van der Waals surface area (Å²) in [5.41, 5.74) is 2.89. The molecule has 3 aromatic rings. The number of nitro groups is 1. The molecule has 1 amide bonds. The van der Waals surface area contributed by atoms with E-state index in [-0.39, 0.29) is 34.4 Å². The summed E-state index contributed by atoms with van der Waals surface area (Å²) in [6, 6.07) is 14.4. The molecule has 0 aliphatic rings. The van der Waals surface area contributed by atoms with Gasteiger partial charge in [0.1, 0.15) is 5.75 Å². The predicted molar refractivity (Wildman–Crippen MR) is 129 cm³/mol. The van der Waals surface area contributed by atoms with E-state index in [0.717, 1.165) is 0 Å². The van der Waals surface area contributed by atoms with Crippen molar-refractivity contribution in [1.29, 1.82) is 0 Å². The van der Waals surface area contributed by atoms with Gasteiger partial charge in [0.15, 0.2) is 18.1 Å². The lowest BCUT2D eigenvalue weighted by Gasteiger charge is -2.10. The van der Waals surface area contributed by atoms with Gasteiger partial charge >= 0.3 is 5.97 Å². The van der Waals surface area contributed by atoms with Crippen LogP contribution in [-0.2, 0) is 4.79 Å². The third-order valence-corrected chi connectivity index (χ3v) is 4.91. The lowest BCUT2D eigenvalue weighted by atomic mass is 10.2. The summed E-state index contributed by atoms with van der Waals surface area (Å²) in [5.74, 6) is -0.533. The van der Waals surface area contributed by atoms with Crippen LogP contribution in [-0.4, -0.2) is 36.7 Å². The molecule has 0 aromatic heterocycles. The normalized spacial score (nSPS) is 10.6. The second kappa shape index (κ2) is 11.8. The SMILES string of the molecule is COc1cc(/C=N\NC(=O)COc2ccc([N+](=O)[O-])cc2)ccc1OC(=O)c1ccc(Cl)cc1Cl. The zero-order chi connectivity index (χ0) is 25.4. The average molecular weight is 518 g/mol. The van der Waals surface area contributed by atoms with E-state index in [1.54, 1.807) is 12.1 Å². The number of esters is 1. The minimum Gasteiger partial charge on any atom is -0.493 e. The number of amides is 1. The quantitative estimate of drug-likeness (QED) is 0.143. The van der Waals surface area contributed by atoms with Crippen LogP contribution in [0.2, 0.25) is 10.0 Å². The lowest BCUT2D eigenvalue weighted by molar-refractivity contribution is -0.384. The summed E-state index contributed by atoms with van der Waals surface area (Å²) in [6.07, 6.45) is 1.36. The topological polar surface area (TPSA) is 129 Å². The van der Waals surface area contributed by atoms with E-state index in [1.165, 1.54) is 61.9 Å². The van der Waals surface area contributed by atoms with Crippen molar-refractivity contribution in [2.45, 2.75) is 0 Å². The van der Waals surface area contributed by atoms with E-state index in [2.05, 4.69) is 10.5 Å². The van der Waals surface area contributed by atoms with Crippen molar-refractivity contribution < 1.29 is 28.7 Å². The monoisotopic (exact) mass is 517 g/mol. The van der Waals surface area contributed by atoms with Crippen molar-refractivity contribution in [3.8, 4) is 17.2 Å². The molecule has 1 N–H and O–H groups in total. The van der Waals surface area contributed by atoms with Crippen LogP contribution in [0.4, 0.5) is 5.69 Å². The van der Waals surface area contributed by atoms with E-state index < -0.39 is 16.8 Å². The van der Waals surface area contributed by atoms with Gasteiger partial charge in [0, 0.05) is 17.2 Å². The van der Waals surface area contributed by atoms with Crippen LogP contribution in [0.3, 0.4) is 0 Å². The van der Waals surface area contributed by atoms with E-state index in [4.69, 9.17) is 37.4 Å². The first-order valence-corrected chi connectivity index (χ1v) is 10.6. The Morgan fingerprint density at radius 3 is 2.46 bits per heavy atom. The third-order valence-electron chi connectivity index (χ3n) is 4.36. The van der Waals surface area contributed by atoms with Crippen molar-refractivity contribution in [3.05, 3.63) is 92.0 Å². The number of carbonyl (C=O) groups excluding carboxylic acids is 2. The zero-order valence-corrected chi connectivity index (χ0v) is 19.6. The van der Waals surface area contributed by atoms with Gasteiger partial charge in [0.05, 0.1) is 28.8 Å². The van der Waals surface area contributed by atoms with Gasteiger partial charge in [-0.2, -0.15) is 5.10 Å². The maximum atomic E-state index is 12.4. The Labute approximate surface area is 209 Å². The van der Waals surface area contributed by atoms with Crippen LogP contribution in [0.5, 0.6) is 17.2 Å². The number of ether oxygens (including phenoxy) is 3. The fourth-order valence-corrected chi connectivity index (χ4v) is 3.17. The molecule has 0 radical (unpaired) electrons. The van der Waals surface area contributed by atoms with Crippen molar-refractivity contribution in [3.63, 3.8) is 0 Å². The summed E-state index contributed by atoms with van der Waals surface area (Å²) in [5, 5.41) is 15.0. The molecule has 10 nitrogen and oxygen atoms in total. The second-order valence-corrected chi connectivity index (χ2v) is 7.60. The van der Waals surface area contributed by atoms with Crippen LogP contribution >= 0.6 is 23.2 Å². The molecule has 35 heavy (non-hydrogen) atoms. The number of hydrogen-bond donors (Lipinski definition) is 1. The zero-order valence-electron chi connectivity index (χ0n) is 18.1. The number of nitro benzene ring substituents is 1. The molecule has 0 unspecified atom stereocenters. The molecule has 0 aliphatic carbocycles. The number of benzene rings is 3. The van der Waals surface area contributed by atoms with Gasteiger partial charge < -0.3 is 14.2 Å². The Morgan fingerprint density at radius 1 is 1.06 bits per heavy atom. The predicted octanol–water partition coefficient (Wildman–Crippen LogP) is 4.66. The summed E-state index contributed by atoms with van der Waals surface area (Å²) in [7, 11) is 1.40. The number of nitrogens with zero attached hydrogens (tertiary/aromatic N) is 2. The molecule has 0 bridgehead atoms. The average Bonchev–Trinajstić information content (AvgIpc) is 2.83. The highest BCUT2D eigenvalue weighted by atomic mass is 35.5. The number of hydrogen-bond acceptors (Lipinski definition) is 8. The summed E-state index contributed by atoms with van der Waals surface area (Å²) in [4.78, 5) is 34.5. The first-order valence-electron chi connectivity index (χ1n) is 9.81. The van der Waals surface area contributed by atoms with Crippen LogP contribution < -0.4 is 19.6 Å². The molecule has 0 spiro atoms. The number of non-ortho nitro benzene ring substituents is 1. The number of rotatable bonds is 9. The molecule has 12 heteroatoms. The second-order valence-electron chi connectivity index (χ2n) is 6.76. The molecule has 0 atom stereocenters. The molecule has 0 heterocycles. The summed E-state index contributed by atoms with van der Waals surface area (Å²) >= 11 is 11.9. The van der Waals surface area contributed by atoms with Crippen molar-refractivity contribution in [2.75, 3.05) is 13.7 Å². The van der Waals surface area contributed by atoms with Gasteiger partial charge in [-0.05, 0) is 54.1 Å². The standard InChI is InChI=1S/C23H17Cl2N3O7/c1-33-21-10-14(2-9-20(21)35-23(30)18-8-3-15(24)11-19(18)25)12-26-27-22(29)13-34-17-6-4-16(5-7-17)28(31)32/h2-12H,13H2,1H3,(H,27,29)/b26-12-. The van der Waals surface area contributed by atoms with Crippen LogP contribution in [0.25, 0.3) is 0 Å². The number of carbonyl (C=O) groups is 2. The van der Waals surface area contributed by atoms with E-state index >= 15 is 0 Å². The van der Waals surface area contributed by atoms with E-state index in [9.17, 15) is 19.7 Å². The summed E-state index contributed by atoms with van der Waals surface area (Å²) < 4.78 is 15.9. The van der Waals surface area contributed by atoms with Gasteiger partial charge in [-0.25, -0.2) is 10.2 Å². The Bertz CT molecular complexity index is 1280. The van der Waals surface area contributed by atoms with Crippen LogP contribution in [0.15, 0.2) is 65.8 Å². The highest BCUT2D eigenvalue weighted by Crippen LogP contribution is 2.30. The third kappa shape index (κ3) is 7.16. The van der Waals surface area contributed by atoms with Crippen molar-refractivity contribution >= 4 is 47.0 Å². The Balaban J connectivity index is 1.56. The number of nitrogens with one attached hydrogen (secondary N) is 1. The molecular weight excluding hydrogens is 501 g/mol. The maximum Gasteiger partial charge on any atom is 0.345 e. The number of methoxy groups -OCH3 is 1. The van der Waals surface area contributed by atoms with Gasteiger partial charge in [-0.1, -0.05) is 23.2 Å². The molecular formula is C23H17Cl2N3O7. The molecule has 3 rings (SSSR count). The minimum absolute atomic E-state index is 0.0867. The maximum absolute atomic E-state index is 12.4. The van der Waals surface area contributed by atoms with Crippen molar-refractivity contribution in [2.24, 2.45) is 5.10 Å². The first-order chi connectivity index (χ1) is 16.8. The van der Waals surface area contributed by atoms with E-state index in [1.807, 2.05) is 0 Å². The van der Waals surface area contributed by atoms with Gasteiger partial charge in [0.2, 0.25) is 0 Å². The fourth-order valence-electron chi connectivity index (χ4n) is 2.68. The van der Waals surface area contributed by atoms with Crippen LogP contribution in [0, 0.1) is 10.1 Å². The Morgan fingerprint density at radius 2 is 1.80 bits per heavy atom. The fraction of sp³-hybridized carbons (Fsp3) is 0.0870. The molecule has 0 aliphatic heterocycles. The molecule has 0 saturated carbocycles. The van der Waals surface area contributed by atoms with Crippen molar-refractivity contribution in [1.82, 2.24) is 5.43 Å². The molecule has 0 fully saturated rings. The molecule has 3 aromatic carbocycles. The Hall–Kier alpha value is -4.15. The van der Waals surface area contributed by atoms with Crippen LogP contribution in [0.1, 0.15) is 15.9 Å². The number of halogens is 2. The largest absolute Gasteiger partial charge is 0.493 e. The lowest BCUT2D eigenvalue weighted by Crippen LogP contribution is -2.24. The van der Waals surface area contributed by atoms with Gasteiger partial charge in [0.25, 0.3) is 11.6 Å². The smallest absolute Gasteiger partial charge is 0.345 e. The highest BCUT2D eigenvalue weighted by Gasteiger charge is 2.16. The Kier molecular flexibility index (Phi) is 8.60. The highest BCUT2D eigenvalue weighted by molar-refractivity contribution is 6.36.